The molecule has 0 atom stereocenters. The molecule has 0 aliphatic carbocycles. The van der Waals surface area contributed by atoms with E-state index in [2.05, 4.69) is 4.99 Å². The fourth-order valence-electron chi connectivity index (χ4n) is 0.733. The van der Waals surface area contributed by atoms with Gasteiger partial charge in [-0.05, 0) is 12.1 Å². The second-order valence-corrected chi connectivity index (χ2v) is 2.31. The summed E-state index contributed by atoms with van der Waals surface area (Å²) in [4.78, 5) is 10.8. The maximum atomic E-state index is 12.5. The third-order valence-corrected chi connectivity index (χ3v) is 1.11. The van der Waals surface area contributed by atoms with Crippen LogP contribution in [0.1, 0.15) is 0 Å². The minimum absolute atomic E-state index is 0.0515. The SMILES string of the molecule is NC(N)=[NH+]c1cccc(F)c1.O=[N+]([O-])[O-]. The summed E-state index contributed by atoms with van der Waals surface area (Å²) < 4.78 is 12.5. The van der Waals surface area contributed by atoms with Gasteiger partial charge < -0.3 is 15.3 Å². The van der Waals surface area contributed by atoms with Crippen LogP contribution in [-0.2, 0) is 0 Å². The molecule has 0 aliphatic heterocycles. The lowest BCUT2D eigenvalue weighted by Gasteiger charge is -1.90. The van der Waals surface area contributed by atoms with E-state index in [0.717, 1.165) is 0 Å². The Morgan fingerprint density at radius 3 is 2.33 bits per heavy atom. The Morgan fingerprint density at radius 1 is 1.40 bits per heavy atom. The molecule has 1 aromatic rings. The molecule has 8 heteroatoms. The van der Waals surface area contributed by atoms with Crippen molar-refractivity contribution >= 4 is 11.6 Å². The molecule has 0 unspecified atom stereocenters. The van der Waals surface area contributed by atoms with Crippen LogP contribution in [0.2, 0.25) is 0 Å². The van der Waals surface area contributed by atoms with E-state index in [1.807, 2.05) is 0 Å². The molecule has 15 heavy (non-hydrogen) atoms. The summed E-state index contributed by atoms with van der Waals surface area (Å²) in [5.74, 6) is -0.271. The van der Waals surface area contributed by atoms with Crippen LogP contribution in [-0.4, -0.2) is 11.0 Å². The second kappa shape index (κ2) is 6.13. The highest BCUT2D eigenvalue weighted by Gasteiger charge is 1.93. The van der Waals surface area contributed by atoms with E-state index in [0.29, 0.717) is 5.69 Å². The Labute approximate surface area is 83.9 Å². The first-order valence-electron chi connectivity index (χ1n) is 3.64. The molecule has 0 fully saturated rings. The van der Waals surface area contributed by atoms with E-state index in [1.165, 1.54) is 12.1 Å². The zero-order valence-electron chi connectivity index (χ0n) is 7.51. The van der Waals surface area contributed by atoms with Gasteiger partial charge in [0.15, 0.2) is 0 Å². The number of guanidine groups is 1. The molecule has 0 saturated carbocycles. The zero-order valence-corrected chi connectivity index (χ0v) is 7.51. The van der Waals surface area contributed by atoms with Crippen LogP contribution in [0.3, 0.4) is 0 Å². The molecule has 0 aliphatic rings. The minimum Gasteiger partial charge on any atom is -0.356 e. The van der Waals surface area contributed by atoms with Gasteiger partial charge >= 0.3 is 5.96 Å². The van der Waals surface area contributed by atoms with Gasteiger partial charge in [-0.3, -0.25) is 11.5 Å². The third-order valence-electron chi connectivity index (χ3n) is 1.11. The van der Waals surface area contributed by atoms with E-state index in [9.17, 15) is 4.39 Å². The number of rotatable bonds is 1. The third kappa shape index (κ3) is 7.96. The molecule has 0 aromatic heterocycles. The van der Waals surface area contributed by atoms with Crippen LogP contribution in [0, 0.1) is 21.1 Å². The van der Waals surface area contributed by atoms with E-state index in [4.69, 9.17) is 26.8 Å². The van der Waals surface area contributed by atoms with Crippen LogP contribution in [0.4, 0.5) is 10.1 Å². The molecule has 1 aromatic carbocycles. The highest BCUT2D eigenvalue weighted by molar-refractivity contribution is 5.70. The molecule has 0 heterocycles. The van der Waals surface area contributed by atoms with E-state index < -0.39 is 5.09 Å². The molecular weight excluding hydrogens is 207 g/mol. The Balaban J connectivity index is 0.000000423. The van der Waals surface area contributed by atoms with Crippen molar-refractivity contribution in [1.82, 2.24) is 0 Å². The predicted molar refractivity (Wildman–Crippen MR) is 50.8 cm³/mol. The van der Waals surface area contributed by atoms with Crippen molar-refractivity contribution in [3.05, 3.63) is 45.4 Å². The Bertz CT molecular complexity index is 361. The average molecular weight is 216 g/mol. The molecule has 7 nitrogen and oxygen atoms in total. The Hall–Kier alpha value is -2.38. The van der Waals surface area contributed by atoms with E-state index >= 15 is 0 Å². The molecule has 5 N–H and O–H groups in total. The number of hydrogen-bond acceptors (Lipinski definition) is 3. The molecule has 0 bridgehead atoms. The second-order valence-electron chi connectivity index (χ2n) is 2.31. The molecule has 0 saturated heterocycles. The van der Waals surface area contributed by atoms with Crippen LogP contribution in [0.5, 0.6) is 0 Å². The van der Waals surface area contributed by atoms with Crippen molar-refractivity contribution in [2.45, 2.75) is 0 Å². The van der Waals surface area contributed by atoms with Crippen molar-refractivity contribution < 1.29 is 14.5 Å². The maximum Gasteiger partial charge on any atom is 0.343 e. The van der Waals surface area contributed by atoms with Gasteiger partial charge in [-0.25, -0.2) is 9.38 Å². The van der Waals surface area contributed by atoms with Crippen molar-refractivity contribution in [1.29, 1.82) is 0 Å². The van der Waals surface area contributed by atoms with Crippen molar-refractivity contribution in [2.24, 2.45) is 11.5 Å². The summed E-state index contributed by atoms with van der Waals surface area (Å²) in [6.45, 7) is 0. The lowest BCUT2D eigenvalue weighted by atomic mass is 10.3. The van der Waals surface area contributed by atoms with Gasteiger partial charge in [0.2, 0.25) is 0 Å². The fourth-order valence-corrected chi connectivity index (χ4v) is 0.733. The van der Waals surface area contributed by atoms with Crippen LogP contribution in [0.25, 0.3) is 0 Å². The van der Waals surface area contributed by atoms with Gasteiger partial charge in [0, 0.05) is 6.07 Å². The van der Waals surface area contributed by atoms with E-state index in [1.54, 1.807) is 12.1 Å². The standard InChI is InChI=1S/C7H8FN3.NO3/c8-5-2-1-3-6(4-5)11-7(9)10;2-1(3)4/h1-4H,(H4,9,10,11);/q;-1/p+1. The summed E-state index contributed by atoms with van der Waals surface area (Å²) in [6, 6.07) is 5.89. The van der Waals surface area contributed by atoms with E-state index in [-0.39, 0.29) is 11.8 Å². The lowest BCUT2D eigenvalue weighted by Crippen LogP contribution is -2.72. The smallest absolute Gasteiger partial charge is 0.343 e. The maximum absolute atomic E-state index is 12.5. The summed E-state index contributed by atoms with van der Waals surface area (Å²) in [6.07, 6.45) is 0. The quantitative estimate of drug-likeness (QED) is 0.229. The molecule has 1 rings (SSSR count). The van der Waals surface area contributed by atoms with Gasteiger partial charge in [0.25, 0.3) is 0 Å². The normalized spacial score (nSPS) is 8.33. The number of benzene rings is 1. The number of halogens is 1. The Morgan fingerprint density at radius 2 is 1.93 bits per heavy atom. The predicted octanol–water partition coefficient (Wildman–Crippen LogP) is -1.43. The van der Waals surface area contributed by atoms with Gasteiger partial charge in [-0.1, -0.05) is 6.07 Å². The number of nitrogens with zero attached hydrogens (tertiary/aromatic N) is 1. The van der Waals surface area contributed by atoms with Gasteiger partial charge in [0.05, 0.1) is 5.09 Å². The Kier molecular flexibility index (Phi) is 5.16. The van der Waals surface area contributed by atoms with Crippen molar-refractivity contribution in [3.8, 4) is 0 Å². The topological polar surface area (TPSA) is 132 Å². The first-order valence-corrected chi connectivity index (χ1v) is 3.64. The first-order chi connectivity index (χ1) is 6.91. The number of nitrogens with two attached hydrogens (primary N) is 2. The molecule has 0 radical (unpaired) electrons. The van der Waals surface area contributed by atoms with Gasteiger partial charge in [0.1, 0.15) is 11.5 Å². The highest BCUT2D eigenvalue weighted by atomic mass is 19.1. The van der Waals surface area contributed by atoms with Crippen LogP contribution < -0.4 is 16.5 Å². The molecule has 82 valence electrons. The zero-order chi connectivity index (χ0) is 11.8. The molecular formula is C7H9FN4O3. The molecule has 0 spiro atoms. The lowest BCUT2D eigenvalue weighted by molar-refractivity contribution is -0.402. The van der Waals surface area contributed by atoms with Crippen LogP contribution in [0.15, 0.2) is 24.3 Å². The summed E-state index contributed by atoms with van der Waals surface area (Å²) in [5.41, 5.74) is 10.8. The van der Waals surface area contributed by atoms with Crippen LogP contribution >= 0.6 is 0 Å². The number of hydrogen-bond donors (Lipinski definition) is 3. The monoisotopic (exact) mass is 216 g/mol. The average Bonchev–Trinajstić information content (AvgIpc) is 2.00. The van der Waals surface area contributed by atoms with Gasteiger partial charge in [-0.15, -0.1) is 0 Å². The molecule has 0 amide bonds. The summed E-state index contributed by atoms with van der Waals surface area (Å²) in [5, 5.41) is 14.8. The first kappa shape index (κ1) is 12.6. The summed E-state index contributed by atoms with van der Waals surface area (Å²) >= 11 is 0. The highest BCUT2D eigenvalue weighted by Crippen LogP contribution is 2.01. The fraction of sp³-hybridized carbons (Fsp3) is 0. The van der Waals surface area contributed by atoms with Gasteiger partial charge in [-0.2, -0.15) is 0 Å². The summed E-state index contributed by atoms with van der Waals surface area (Å²) in [7, 11) is 0. The number of nitrogens with one attached hydrogen (secondary N) is 1. The van der Waals surface area contributed by atoms with Crippen molar-refractivity contribution in [3.63, 3.8) is 0 Å². The minimum atomic E-state index is -1.75. The largest absolute Gasteiger partial charge is 0.356 e. The van der Waals surface area contributed by atoms with Crippen molar-refractivity contribution in [2.75, 3.05) is 0 Å².